The average molecular weight is 364 g/mol. The van der Waals surface area contributed by atoms with Crippen LogP contribution in [0.2, 0.25) is 0 Å². The van der Waals surface area contributed by atoms with E-state index >= 15 is 0 Å². The summed E-state index contributed by atoms with van der Waals surface area (Å²) in [5, 5.41) is 3.40. The smallest absolute Gasteiger partial charge is 0.228 e. The van der Waals surface area contributed by atoms with Crippen molar-refractivity contribution < 1.29 is 9.59 Å². The van der Waals surface area contributed by atoms with E-state index in [1.165, 1.54) is 5.56 Å². The minimum atomic E-state index is -0.191. The van der Waals surface area contributed by atoms with Gasteiger partial charge in [0.2, 0.25) is 11.8 Å². The summed E-state index contributed by atoms with van der Waals surface area (Å²) < 4.78 is 0. The molecule has 0 saturated carbocycles. The van der Waals surface area contributed by atoms with Crippen LogP contribution in [-0.2, 0) is 9.59 Å². The molecule has 3 atom stereocenters. The van der Waals surface area contributed by atoms with E-state index in [1.807, 2.05) is 28.9 Å². The van der Waals surface area contributed by atoms with Gasteiger partial charge in [0.05, 0.1) is 5.92 Å². The van der Waals surface area contributed by atoms with Crippen LogP contribution in [-0.4, -0.2) is 49.4 Å². The molecule has 6 heteroatoms. The molecular weight excluding hydrogens is 338 g/mol. The number of benzene rings is 1. The van der Waals surface area contributed by atoms with Gasteiger partial charge in [0.25, 0.3) is 0 Å². The predicted molar refractivity (Wildman–Crippen MR) is 100 cm³/mol. The van der Waals surface area contributed by atoms with Gasteiger partial charge < -0.3 is 15.1 Å². The minimum absolute atomic E-state index is 0. The Morgan fingerprint density at radius 2 is 1.80 bits per heavy atom. The number of nitrogens with one attached hydrogen (secondary N) is 1. The van der Waals surface area contributed by atoms with Gasteiger partial charge in [-0.3, -0.25) is 9.59 Å². The van der Waals surface area contributed by atoms with Crippen LogP contribution in [0.3, 0.4) is 0 Å². The summed E-state index contributed by atoms with van der Waals surface area (Å²) in [5.74, 6) is 1.25. The summed E-state index contributed by atoms with van der Waals surface area (Å²) in [5.41, 5.74) is 3.26. The number of fused-ring (bicyclic) bond motifs is 1. The monoisotopic (exact) mass is 363 g/mol. The first kappa shape index (κ1) is 18.2. The van der Waals surface area contributed by atoms with Crippen LogP contribution in [0.5, 0.6) is 0 Å². The van der Waals surface area contributed by atoms with E-state index in [-0.39, 0.29) is 30.1 Å². The van der Waals surface area contributed by atoms with E-state index in [0.29, 0.717) is 24.8 Å². The Bertz CT molecular complexity index is 681. The number of carbonyl (C=O) groups excluding carboxylic acids is 2. The van der Waals surface area contributed by atoms with Gasteiger partial charge in [0.1, 0.15) is 0 Å². The van der Waals surface area contributed by atoms with Crippen molar-refractivity contribution in [3.63, 3.8) is 0 Å². The van der Waals surface area contributed by atoms with Crippen LogP contribution in [0.25, 0.3) is 0 Å². The molecule has 3 aliphatic heterocycles. The molecule has 1 aromatic carbocycles. The summed E-state index contributed by atoms with van der Waals surface area (Å²) in [7, 11) is 0. The van der Waals surface area contributed by atoms with E-state index in [9.17, 15) is 9.59 Å². The van der Waals surface area contributed by atoms with E-state index in [0.717, 1.165) is 37.4 Å². The number of halogens is 1. The zero-order valence-corrected chi connectivity index (χ0v) is 15.6. The lowest BCUT2D eigenvalue weighted by molar-refractivity contribution is -0.135. The standard InChI is InChI=1S/C19H25N3O2.ClH/c1-12-4-3-5-17(13(12)2)22-11-14(6-18(22)23)19(24)21-9-15-7-20-8-16(15)10-21;/h3-5,14-16,20H,6-11H2,1-2H3;1H/t14?,15-,16+;. The van der Waals surface area contributed by atoms with E-state index in [1.54, 1.807) is 0 Å². The van der Waals surface area contributed by atoms with Gasteiger partial charge in [-0.05, 0) is 42.9 Å². The fraction of sp³-hybridized carbons (Fsp3) is 0.579. The maximum absolute atomic E-state index is 12.9. The number of rotatable bonds is 2. The van der Waals surface area contributed by atoms with Gasteiger partial charge in [-0.2, -0.15) is 0 Å². The highest BCUT2D eigenvalue weighted by Crippen LogP contribution is 2.32. The summed E-state index contributed by atoms with van der Waals surface area (Å²) in [6.07, 6.45) is 0.344. The van der Waals surface area contributed by atoms with Crippen LogP contribution in [0.1, 0.15) is 17.5 Å². The SMILES string of the molecule is Cc1cccc(N2CC(C(=O)N3C[C@H]4CNC[C@H]4C3)CC2=O)c1C.Cl. The Kier molecular flexibility index (Phi) is 5.07. The Balaban J connectivity index is 0.00000182. The van der Waals surface area contributed by atoms with Crippen molar-refractivity contribution in [1.82, 2.24) is 10.2 Å². The molecule has 136 valence electrons. The molecule has 0 radical (unpaired) electrons. The second-order valence-electron chi connectivity index (χ2n) is 7.55. The lowest BCUT2D eigenvalue weighted by Gasteiger charge is -2.23. The molecule has 1 aromatic rings. The third-order valence-corrected chi connectivity index (χ3v) is 6.04. The Labute approximate surface area is 155 Å². The van der Waals surface area contributed by atoms with E-state index < -0.39 is 0 Å². The molecule has 0 aromatic heterocycles. The maximum atomic E-state index is 12.9. The van der Waals surface area contributed by atoms with Crippen LogP contribution in [0.15, 0.2) is 18.2 Å². The van der Waals surface area contributed by atoms with Gasteiger partial charge in [-0.25, -0.2) is 0 Å². The summed E-state index contributed by atoms with van der Waals surface area (Å²) in [6, 6.07) is 6.02. The maximum Gasteiger partial charge on any atom is 0.228 e. The first-order chi connectivity index (χ1) is 11.5. The van der Waals surface area contributed by atoms with Crippen molar-refractivity contribution >= 4 is 29.9 Å². The van der Waals surface area contributed by atoms with Gasteiger partial charge >= 0.3 is 0 Å². The van der Waals surface area contributed by atoms with Gasteiger partial charge in [0.15, 0.2) is 0 Å². The van der Waals surface area contributed by atoms with Crippen LogP contribution in [0.4, 0.5) is 5.69 Å². The number of carbonyl (C=O) groups is 2. The highest BCUT2D eigenvalue weighted by atomic mass is 35.5. The summed E-state index contributed by atoms with van der Waals surface area (Å²) in [4.78, 5) is 29.2. The predicted octanol–water partition coefficient (Wildman–Crippen LogP) is 1.76. The molecule has 25 heavy (non-hydrogen) atoms. The van der Waals surface area contributed by atoms with Crippen LogP contribution in [0, 0.1) is 31.6 Å². The zero-order chi connectivity index (χ0) is 16.8. The molecule has 4 rings (SSSR count). The molecule has 1 N–H and O–H groups in total. The molecule has 0 spiro atoms. The first-order valence-corrected chi connectivity index (χ1v) is 8.90. The Morgan fingerprint density at radius 3 is 2.48 bits per heavy atom. The number of hydrogen-bond donors (Lipinski definition) is 1. The fourth-order valence-electron chi connectivity index (χ4n) is 4.43. The largest absolute Gasteiger partial charge is 0.342 e. The molecule has 0 aliphatic carbocycles. The molecule has 3 saturated heterocycles. The normalized spacial score (nSPS) is 28.2. The van der Waals surface area contributed by atoms with E-state index in [2.05, 4.69) is 18.3 Å². The topological polar surface area (TPSA) is 52.7 Å². The Morgan fingerprint density at radius 1 is 1.12 bits per heavy atom. The second kappa shape index (κ2) is 6.96. The molecular formula is C19H26ClN3O2. The summed E-state index contributed by atoms with van der Waals surface area (Å²) >= 11 is 0. The lowest BCUT2D eigenvalue weighted by atomic mass is 10.0. The molecule has 3 fully saturated rings. The van der Waals surface area contributed by atoms with Gasteiger partial charge in [-0.1, -0.05) is 12.1 Å². The zero-order valence-electron chi connectivity index (χ0n) is 14.8. The average Bonchev–Trinajstić information content (AvgIpc) is 3.23. The van der Waals surface area contributed by atoms with Gasteiger partial charge in [0, 0.05) is 44.8 Å². The highest BCUT2D eigenvalue weighted by Gasteiger charge is 2.43. The molecule has 0 bridgehead atoms. The third-order valence-electron chi connectivity index (χ3n) is 6.04. The van der Waals surface area contributed by atoms with E-state index in [4.69, 9.17) is 0 Å². The highest BCUT2D eigenvalue weighted by molar-refractivity contribution is 6.01. The molecule has 5 nitrogen and oxygen atoms in total. The van der Waals surface area contributed by atoms with Crippen molar-refractivity contribution in [3.05, 3.63) is 29.3 Å². The number of hydrogen-bond acceptors (Lipinski definition) is 3. The molecule has 2 amide bonds. The summed E-state index contributed by atoms with van der Waals surface area (Å²) in [6.45, 7) is 8.36. The van der Waals surface area contributed by atoms with Crippen LogP contribution >= 0.6 is 12.4 Å². The molecule has 3 aliphatic rings. The van der Waals surface area contributed by atoms with Crippen molar-refractivity contribution in [3.8, 4) is 0 Å². The molecule has 3 heterocycles. The van der Waals surface area contributed by atoms with Crippen LogP contribution < -0.4 is 10.2 Å². The number of anilines is 1. The number of aryl methyl sites for hydroxylation is 1. The number of amides is 2. The second-order valence-corrected chi connectivity index (χ2v) is 7.55. The Hall–Kier alpha value is -1.59. The lowest BCUT2D eigenvalue weighted by Crippen LogP contribution is -2.37. The van der Waals surface area contributed by atoms with Crippen molar-refractivity contribution in [2.24, 2.45) is 17.8 Å². The minimum Gasteiger partial charge on any atom is -0.342 e. The first-order valence-electron chi connectivity index (χ1n) is 8.90. The quantitative estimate of drug-likeness (QED) is 0.871. The fourth-order valence-corrected chi connectivity index (χ4v) is 4.43. The third kappa shape index (κ3) is 3.15. The van der Waals surface area contributed by atoms with Crippen molar-refractivity contribution in [2.75, 3.05) is 37.6 Å². The van der Waals surface area contributed by atoms with Gasteiger partial charge in [-0.15, -0.1) is 12.4 Å². The molecule has 1 unspecified atom stereocenters. The number of likely N-dealkylation sites (tertiary alicyclic amines) is 1. The van der Waals surface area contributed by atoms with Crippen molar-refractivity contribution in [1.29, 1.82) is 0 Å². The van der Waals surface area contributed by atoms with Crippen molar-refractivity contribution in [2.45, 2.75) is 20.3 Å². The number of nitrogens with zero attached hydrogens (tertiary/aromatic N) is 2.